The monoisotopic (exact) mass is 327 g/mol. The van der Waals surface area contributed by atoms with E-state index in [0.717, 1.165) is 11.3 Å². The molecule has 0 saturated carbocycles. The average molecular weight is 328 g/mol. The molecule has 0 radical (unpaired) electrons. The van der Waals surface area contributed by atoms with Crippen LogP contribution in [0.5, 0.6) is 11.6 Å². The van der Waals surface area contributed by atoms with Crippen molar-refractivity contribution < 1.29 is 9.13 Å². The Morgan fingerprint density at radius 1 is 1.24 bits per heavy atom. The molecule has 2 nitrogen and oxygen atoms in total. The SMILES string of the molecule is CC(C)(C)c1cc(CCl)cc(Oc2cccc(Cl)c2F)n1. The molecule has 1 aromatic carbocycles. The summed E-state index contributed by atoms with van der Waals surface area (Å²) in [5, 5.41) is 0.0112. The highest BCUT2D eigenvalue weighted by Crippen LogP contribution is 2.30. The predicted molar refractivity (Wildman–Crippen MR) is 84.0 cm³/mol. The second-order valence-electron chi connectivity index (χ2n) is 5.74. The van der Waals surface area contributed by atoms with Crippen LogP contribution in [0.3, 0.4) is 0 Å². The van der Waals surface area contributed by atoms with Gasteiger partial charge in [0.15, 0.2) is 11.6 Å². The van der Waals surface area contributed by atoms with Crippen molar-refractivity contribution in [1.29, 1.82) is 0 Å². The van der Waals surface area contributed by atoms with Gasteiger partial charge < -0.3 is 4.74 Å². The lowest BCUT2D eigenvalue weighted by molar-refractivity contribution is 0.420. The van der Waals surface area contributed by atoms with Gasteiger partial charge in [0, 0.05) is 17.4 Å². The number of aromatic nitrogens is 1. The molecule has 2 aromatic rings. The Balaban J connectivity index is 2.42. The quantitative estimate of drug-likeness (QED) is 0.674. The van der Waals surface area contributed by atoms with Gasteiger partial charge in [-0.2, -0.15) is 0 Å². The fourth-order valence-electron chi connectivity index (χ4n) is 1.75. The fourth-order valence-corrected chi connectivity index (χ4v) is 2.07. The molecule has 0 saturated heterocycles. The van der Waals surface area contributed by atoms with Gasteiger partial charge in [-0.05, 0) is 23.8 Å². The molecule has 0 atom stereocenters. The normalized spacial score (nSPS) is 11.5. The first-order valence-corrected chi connectivity index (χ1v) is 7.42. The highest BCUT2D eigenvalue weighted by Gasteiger charge is 2.18. The third kappa shape index (κ3) is 3.86. The van der Waals surface area contributed by atoms with Gasteiger partial charge in [-0.1, -0.05) is 38.4 Å². The van der Waals surface area contributed by atoms with Crippen LogP contribution in [0.4, 0.5) is 4.39 Å². The molecule has 21 heavy (non-hydrogen) atoms. The van der Waals surface area contributed by atoms with Crippen LogP contribution in [0.1, 0.15) is 32.0 Å². The maximum atomic E-state index is 13.9. The van der Waals surface area contributed by atoms with E-state index in [9.17, 15) is 4.39 Å². The van der Waals surface area contributed by atoms with Crippen molar-refractivity contribution in [2.24, 2.45) is 0 Å². The number of alkyl halides is 1. The Morgan fingerprint density at radius 3 is 2.57 bits per heavy atom. The van der Waals surface area contributed by atoms with E-state index >= 15 is 0 Å². The lowest BCUT2D eigenvalue weighted by Gasteiger charge is -2.19. The molecule has 1 heterocycles. The molecule has 0 aliphatic rings. The second kappa shape index (κ2) is 6.20. The minimum atomic E-state index is -0.602. The van der Waals surface area contributed by atoms with Crippen molar-refractivity contribution in [2.45, 2.75) is 32.1 Å². The lowest BCUT2D eigenvalue weighted by atomic mass is 9.91. The van der Waals surface area contributed by atoms with Crippen LogP contribution >= 0.6 is 23.2 Å². The summed E-state index contributed by atoms with van der Waals surface area (Å²) in [6.45, 7) is 6.12. The maximum Gasteiger partial charge on any atom is 0.219 e. The topological polar surface area (TPSA) is 22.1 Å². The number of halogens is 3. The first-order chi connectivity index (χ1) is 9.81. The van der Waals surface area contributed by atoms with Gasteiger partial charge in [0.2, 0.25) is 5.88 Å². The Morgan fingerprint density at radius 2 is 1.95 bits per heavy atom. The standard InChI is InChI=1S/C16H16Cl2FNO/c1-16(2,3)13-7-10(9-17)8-14(20-13)21-12-6-4-5-11(18)15(12)19/h4-8H,9H2,1-3H3. The van der Waals surface area contributed by atoms with E-state index in [2.05, 4.69) is 4.98 Å². The van der Waals surface area contributed by atoms with Crippen molar-refractivity contribution in [3.05, 3.63) is 52.4 Å². The van der Waals surface area contributed by atoms with E-state index in [0.29, 0.717) is 11.8 Å². The summed E-state index contributed by atoms with van der Waals surface area (Å²) in [4.78, 5) is 4.43. The molecular weight excluding hydrogens is 312 g/mol. The Kier molecular flexibility index (Phi) is 4.74. The van der Waals surface area contributed by atoms with Crippen molar-refractivity contribution in [2.75, 3.05) is 0 Å². The fraction of sp³-hybridized carbons (Fsp3) is 0.312. The Bertz CT molecular complexity index is 653. The molecule has 2 rings (SSSR count). The maximum absolute atomic E-state index is 13.9. The number of rotatable bonds is 3. The van der Waals surface area contributed by atoms with Crippen molar-refractivity contribution in [3.8, 4) is 11.6 Å². The summed E-state index contributed by atoms with van der Waals surface area (Å²) >= 11 is 11.6. The number of hydrogen-bond donors (Lipinski definition) is 0. The van der Waals surface area contributed by atoms with Crippen LogP contribution in [0.2, 0.25) is 5.02 Å². The van der Waals surface area contributed by atoms with E-state index < -0.39 is 5.82 Å². The summed E-state index contributed by atoms with van der Waals surface area (Å²) in [6, 6.07) is 8.22. The molecule has 5 heteroatoms. The van der Waals surface area contributed by atoms with Gasteiger partial charge in [-0.25, -0.2) is 9.37 Å². The molecule has 0 unspecified atom stereocenters. The number of nitrogens with zero attached hydrogens (tertiary/aromatic N) is 1. The molecule has 112 valence electrons. The molecule has 1 aromatic heterocycles. The Hall–Kier alpha value is -1.32. The predicted octanol–water partition coefficient (Wildman–Crippen LogP) is 5.70. The van der Waals surface area contributed by atoms with Crippen LogP contribution in [-0.2, 0) is 11.3 Å². The van der Waals surface area contributed by atoms with Gasteiger partial charge in [0.25, 0.3) is 0 Å². The van der Waals surface area contributed by atoms with E-state index in [1.54, 1.807) is 12.1 Å². The van der Waals surface area contributed by atoms with Crippen molar-refractivity contribution in [3.63, 3.8) is 0 Å². The number of ether oxygens (including phenoxy) is 1. The third-order valence-electron chi connectivity index (χ3n) is 2.92. The van der Waals surface area contributed by atoms with Crippen LogP contribution in [0.15, 0.2) is 30.3 Å². The molecule has 0 fully saturated rings. The smallest absolute Gasteiger partial charge is 0.219 e. The van der Waals surface area contributed by atoms with Gasteiger partial charge in [-0.3, -0.25) is 0 Å². The van der Waals surface area contributed by atoms with Crippen LogP contribution < -0.4 is 4.74 Å². The van der Waals surface area contributed by atoms with Crippen molar-refractivity contribution >= 4 is 23.2 Å². The van der Waals surface area contributed by atoms with Gasteiger partial charge in [-0.15, -0.1) is 11.6 Å². The highest BCUT2D eigenvalue weighted by molar-refractivity contribution is 6.30. The van der Waals surface area contributed by atoms with Crippen LogP contribution in [0.25, 0.3) is 0 Å². The Labute approximate surface area is 133 Å². The van der Waals surface area contributed by atoms with Crippen molar-refractivity contribution in [1.82, 2.24) is 4.98 Å². The minimum Gasteiger partial charge on any atom is -0.436 e. The molecule has 0 aliphatic heterocycles. The summed E-state index contributed by atoms with van der Waals surface area (Å²) in [6.07, 6.45) is 0. The molecule has 0 aliphatic carbocycles. The largest absolute Gasteiger partial charge is 0.436 e. The molecular formula is C16H16Cl2FNO. The molecule has 0 N–H and O–H groups in total. The molecule has 0 amide bonds. The molecule has 0 spiro atoms. The zero-order valence-corrected chi connectivity index (χ0v) is 13.6. The zero-order valence-electron chi connectivity index (χ0n) is 12.1. The lowest BCUT2D eigenvalue weighted by Crippen LogP contribution is -2.14. The summed E-state index contributed by atoms with van der Waals surface area (Å²) in [5.41, 5.74) is 1.54. The molecule has 0 bridgehead atoms. The second-order valence-corrected chi connectivity index (χ2v) is 6.41. The number of pyridine rings is 1. The minimum absolute atomic E-state index is 0.0112. The zero-order chi connectivity index (χ0) is 15.6. The highest BCUT2D eigenvalue weighted by atomic mass is 35.5. The number of hydrogen-bond acceptors (Lipinski definition) is 2. The van der Waals surface area contributed by atoms with Gasteiger partial charge in [0.05, 0.1) is 10.7 Å². The van der Waals surface area contributed by atoms with Crippen LogP contribution in [0, 0.1) is 5.82 Å². The number of benzene rings is 1. The average Bonchev–Trinajstić information content (AvgIpc) is 2.42. The van der Waals surface area contributed by atoms with Crippen LogP contribution in [-0.4, -0.2) is 4.98 Å². The first-order valence-electron chi connectivity index (χ1n) is 6.50. The summed E-state index contributed by atoms with van der Waals surface area (Å²) < 4.78 is 19.4. The summed E-state index contributed by atoms with van der Waals surface area (Å²) in [5.74, 6) is 0.0790. The summed E-state index contributed by atoms with van der Waals surface area (Å²) in [7, 11) is 0. The van der Waals surface area contributed by atoms with E-state index in [1.807, 2.05) is 26.8 Å². The first kappa shape index (κ1) is 16.1. The third-order valence-corrected chi connectivity index (χ3v) is 3.52. The van der Waals surface area contributed by atoms with E-state index in [4.69, 9.17) is 27.9 Å². The van der Waals surface area contributed by atoms with Gasteiger partial charge >= 0.3 is 0 Å². The van der Waals surface area contributed by atoms with E-state index in [-0.39, 0.29) is 16.2 Å². The van der Waals surface area contributed by atoms with Gasteiger partial charge in [0.1, 0.15) is 0 Å². The van der Waals surface area contributed by atoms with E-state index in [1.165, 1.54) is 12.1 Å².